The molecule has 1 fully saturated rings. The fourth-order valence-electron chi connectivity index (χ4n) is 11.9. The zero-order valence-corrected chi connectivity index (χ0v) is 46.2. The van der Waals surface area contributed by atoms with Gasteiger partial charge in [0.15, 0.2) is 0 Å². The molecular formula is C69H53BBrN7O2. The second-order valence-electron chi connectivity index (χ2n) is 21.9. The lowest BCUT2D eigenvalue weighted by molar-refractivity contribution is 0.00578. The number of aromatic nitrogens is 7. The van der Waals surface area contributed by atoms with E-state index in [1.807, 2.05) is 12.1 Å². The Morgan fingerprint density at radius 2 is 0.950 bits per heavy atom. The first-order chi connectivity index (χ1) is 39.0. The van der Waals surface area contributed by atoms with Crippen LogP contribution >= 0.6 is 15.9 Å². The second-order valence-corrected chi connectivity index (χ2v) is 22.8. The summed E-state index contributed by atoms with van der Waals surface area (Å²) in [5.74, 6) is 1.86. The summed E-state index contributed by atoms with van der Waals surface area (Å²) < 4.78 is 22.3. The predicted molar refractivity (Wildman–Crippen MR) is 332 cm³/mol. The number of hydrogen-bond donors (Lipinski definition) is 1. The average Bonchev–Trinajstić information content (AvgIpc) is 4.51. The number of benzene rings is 10. The van der Waals surface area contributed by atoms with Crippen LogP contribution < -0.4 is 5.46 Å². The molecule has 15 aromatic rings. The van der Waals surface area contributed by atoms with Gasteiger partial charge in [-0.25, -0.2) is 9.97 Å². The number of nitrogens with one attached hydrogen (secondary N) is 1. The molecule has 0 spiro atoms. The SMILES string of the molecule is Brc1ccc2c(c1)nc1n(-c3ccccc3)c3ccccc3n21.CC1(C)OB(c2ccc3c(c2)-c2ccccc2C3)OC1(C)C.c1ccc(-n2c3ccccc3n3c4ccc(-c5ccc6[nH]c7ccccc7c6c5)cc4nc23)cc1. The molecule has 0 atom stereocenters. The van der Waals surface area contributed by atoms with Crippen LogP contribution in [0.3, 0.4) is 0 Å². The quantitative estimate of drug-likeness (QED) is 0.178. The molecule has 2 aliphatic rings. The Bertz CT molecular complexity index is 4900. The summed E-state index contributed by atoms with van der Waals surface area (Å²) in [7, 11) is -0.289. The molecule has 17 rings (SSSR count). The summed E-state index contributed by atoms with van der Waals surface area (Å²) in [5, 5.41) is 2.50. The molecule has 1 N–H and O–H groups in total. The molecule has 1 aliphatic carbocycles. The molecule has 0 amide bonds. The third kappa shape index (κ3) is 7.82. The lowest BCUT2D eigenvalue weighted by Crippen LogP contribution is -2.41. The van der Waals surface area contributed by atoms with E-state index in [9.17, 15) is 0 Å². The molecule has 10 aromatic carbocycles. The van der Waals surface area contributed by atoms with Crippen molar-refractivity contribution in [2.24, 2.45) is 0 Å². The second kappa shape index (κ2) is 18.6. The number of aromatic amines is 1. The molecule has 9 nitrogen and oxygen atoms in total. The first-order valence-electron chi connectivity index (χ1n) is 27.2. The summed E-state index contributed by atoms with van der Waals surface area (Å²) in [6, 6.07) is 81.0. The predicted octanol–water partition coefficient (Wildman–Crippen LogP) is 16.5. The van der Waals surface area contributed by atoms with E-state index in [1.165, 1.54) is 49.7 Å². The molecule has 6 heterocycles. The summed E-state index contributed by atoms with van der Waals surface area (Å²) in [4.78, 5) is 13.5. The summed E-state index contributed by atoms with van der Waals surface area (Å²) in [5.41, 5.74) is 21.7. The highest BCUT2D eigenvalue weighted by Crippen LogP contribution is 2.40. The molecule has 0 saturated carbocycles. The fourth-order valence-corrected chi connectivity index (χ4v) is 12.3. The Hall–Kier alpha value is -9.00. The Labute approximate surface area is 470 Å². The van der Waals surface area contributed by atoms with Gasteiger partial charge in [0.25, 0.3) is 0 Å². The van der Waals surface area contributed by atoms with E-state index in [2.05, 4.69) is 285 Å². The Morgan fingerprint density at radius 3 is 1.61 bits per heavy atom. The highest BCUT2D eigenvalue weighted by Gasteiger charge is 2.52. The molecule has 1 aliphatic heterocycles. The van der Waals surface area contributed by atoms with Gasteiger partial charge in [0.1, 0.15) is 0 Å². The van der Waals surface area contributed by atoms with Gasteiger partial charge in [0.05, 0.1) is 55.3 Å². The van der Waals surface area contributed by atoms with Crippen LogP contribution in [0.15, 0.2) is 235 Å². The average molecular weight is 1100 g/mol. The van der Waals surface area contributed by atoms with Crippen molar-refractivity contribution >= 4 is 106 Å². The summed E-state index contributed by atoms with van der Waals surface area (Å²) in [6.45, 7) is 8.37. The van der Waals surface area contributed by atoms with E-state index < -0.39 is 0 Å². The number of para-hydroxylation sites is 7. The third-order valence-electron chi connectivity index (χ3n) is 16.6. The molecule has 80 heavy (non-hydrogen) atoms. The number of nitrogens with zero attached hydrogens (tertiary/aromatic N) is 6. The zero-order chi connectivity index (χ0) is 53.9. The topological polar surface area (TPSA) is 78.7 Å². The molecule has 5 aromatic heterocycles. The van der Waals surface area contributed by atoms with Crippen molar-refractivity contribution in [1.29, 1.82) is 0 Å². The highest BCUT2D eigenvalue weighted by molar-refractivity contribution is 9.10. The monoisotopic (exact) mass is 1100 g/mol. The summed E-state index contributed by atoms with van der Waals surface area (Å²) in [6.07, 6.45) is 1.02. The number of fused-ring (bicyclic) bond motifs is 16. The van der Waals surface area contributed by atoms with Crippen LogP contribution in [0.2, 0.25) is 0 Å². The van der Waals surface area contributed by atoms with Gasteiger partial charge in [-0.1, -0.05) is 149 Å². The van der Waals surface area contributed by atoms with Crippen molar-refractivity contribution in [3.05, 3.63) is 246 Å². The van der Waals surface area contributed by atoms with Gasteiger partial charge in [0, 0.05) is 37.7 Å². The van der Waals surface area contributed by atoms with Crippen molar-refractivity contribution in [3.8, 4) is 33.6 Å². The smallest absolute Gasteiger partial charge is 0.399 e. The number of hydrogen-bond acceptors (Lipinski definition) is 4. The van der Waals surface area contributed by atoms with Crippen molar-refractivity contribution in [3.63, 3.8) is 0 Å². The summed E-state index contributed by atoms with van der Waals surface area (Å²) >= 11 is 3.54. The molecular weight excluding hydrogens is 1050 g/mol. The van der Waals surface area contributed by atoms with Gasteiger partial charge in [-0.05, 0) is 170 Å². The number of imidazole rings is 4. The van der Waals surface area contributed by atoms with Crippen molar-refractivity contribution in [2.75, 3.05) is 0 Å². The minimum absolute atomic E-state index is 0.289. The van der Waals surface area contributed by atoms with Gasteiger partial charge in [-0.3, -0.25) is 17.9 Å². The molecule has 1 saturated heterocycles. The van der Waals surface area contributed by atoms with Gasteiger partial charge in [-0.15, -0.1) is 0 Å². The van der Waals surface area contributed by atoms with E-state index in [4.69, 9.17) is 19.3 Å². The zero-order valence-electron chi connectivity index (χ0n) is 44.6. The van der Waals surface area contributed by atoms with Gasteiger partial charge in [-0.2, -0.15) is 0 Å². The maximum absolute atomic E-state index is 6.18. The first-order valence-corrected chi connectivity index (χ1v) is 28.0. The molecule has 386 valence electrons. The van der Waals surface area contributed by atoms with Crippen LogP contribution in [0.25, 0.3) is 111 Å². The van der Waals surface area contributed by atoms with E-state index in [0.29, 0.717) is 0 Å². The van der Waals surface area contributed by atoms with Gasteiger partial charge < -0.3 is 14.3 Å². The minimum Gasteiger partial charge on any atom is -0.399 e. The number of rotatable bonds is 4. The van der Waals surface area contributed by atoms with Crippen molar-refractivity contribution in [1.82, 2.24) is 32.9 Å². The molecule has 11 heteroatoms. The molecule has 0 radical (unpaired) electrons. The van der Waals surface area contributed by atoms with E-state index in [0.717, 1.165) is 88.9 Å². The fraction of sp³-hybridized carbons (Fsp3) is 0.101. The Kier molecular flexibility index (Phi) is 11.2. The first kappa shape index (κ1) is 48.2. The largest absolute Gasteiger partial charge is 0.494 e. The maximum atomic E-state index is 6.18. The lowest BCUT2D eigenvalue weighted by atomic mass is 9.77. The Morgan fingerprint density at radius 1 is 0.438 bits per heavy atom. The van der Waals surface area contributed by atoms with Crippen LogP contribution in [-0.2, 0) is 15.7 Å². The standard InChI is InChI=1S/C31H20N4.C19H21BO2.C19H12BrN3/c1-2-8-22(9-3-1)34-29-12-6-7-13-30(29)35-28-17-15-21(19-27(28)33-31(34)35)20-14-16-26-24(18-20)23-10-4-5-11-25(23)32-26;1-18(2)19(3,4)22-20(21-18)15-10-9-14-11-13-7-5-6-8-16(13)17(14)12-15;20-13-10-11-16-15(12-13)21-19-22(14-6-2-1-3-7-14)17-8-4-5-9-18(17)23(16)19/h1-19,32H;5-10,12H,11H2,1-4H3;1-12H. The number of halogens is 1. The van der Waals surface area contributed by atoms with Crippen LogP contribution in [0, 0.1) is 0 Å². The lowest BCUT2D eigenvalue weighted by Gasteiger charge is -2.32. The van der Waals surface area contributed by atoms with Gasteiger partial charge >= 0.3 is 7.12 Å². The van der Waals surface area contributed by atoms with Crippen LogP contribution in [0.1, 0.15) is 38.8 Å². The van der Waals surface area contributed by atoms with Crippen LogP contribution in [-0.4, -0.2) is 51.2 Å². The van der Waals surface area contributed by atoms with Crippen LogP contribution in [0.5, 0.6) is 0 Å². The normalized spacial score (nSPS) is 14.3. The van der Waals surface area contributed by atoms with E-state index in [-0.39, 0.29) is 18.3 Å². The van der Waals surface area contributed by atoms with Crippen molar-refractivity contribution in [2.45, 2.75) is 45.3 Å². The van der Waals surface area contributed by atoms with E-state index in [1.54, 1.807) is 0 Å². The molecule has 0 unspecified atom stereocenters. The maximum Gasteiger partial charge on any atom is 0.494 e. The van der Waals surface area contributed by atoms with Gasteiger partial charge in [0.2, 0.25) is 11.6 Å². The molecule has 0 bridgehead atoms. The van der Waals surface area contributed by atoms with Crippen molar-refractivity contribution < 1.29 is 9.31 Å². The van der Waals surface area contributed by atoms with E-state index >= 15 is 0 Å². The Balaban J connectivity index is 0.000000108. The highest BCUT2D eigenvalue weighted by atomic mass is 79.9. The number of H-pyrrole nitrogens is 1. The van der Waals surface area contributed by atoms with Crippen LogP contribution in [0.4, 0.5) is 0 Å². The minimum atomic E-state index is -0.297. The third-order valence-corrected chi connectivity index (χ3v) is 17.1.